The molecule has 0 saturated heterocycles. The van der Waals surface area contributed by atoms with E-state index in [1.54, 1.807) is 30.5 Å². The van der Waals surface area contributed by atoms with Crippen LogP contribution in [0.4, 0.5) is 0 Å². The zero-order valence-electron chi connectivity index (χ0n) is 32.1. The Balaban J connectivity index is 0.000000182. The summed E-state index contributed by atoms with van der Waals surface area (Å²) in [7, 11) is -1.34. The van der Waals surface area contributed by atoms with Crippen molar-refractivity contribution in [3.05, 3.63) is 186 Å². The molecule has 8 rings (SSSR count). The van der Waals surface area contributed by atoms with E-state index >= 15 is 0 Å². The Morgan fingerprint density at radius 1 is 0.706 bits per heavy atom. The quantitative estimate of drug-likeness (QED) is 0.118. The first-order valence-corrected chi connectivity index (χ1v) is 20.3. The summed E-state index contributed by atoms with van der Waals surface area (Å²) in [6.07, 6.45) is 2.01. The third-order valence-electron chi connectivity index (χ3n) is 8.76. The summed E-state index contributed by atoms with van der Waals surface area (Å²) < 4.78 is 32.2. The van der Waals surface area contributed by atoms with Gasteiger partial charge in [0.2, 0.25) is 0 Å². The second kappa shape index (κ2) is 16.0. The Bertz CT molecular complexity index is 2500. The predicted octanol–water partition coefficient (Wildman–Crippen LogP) is 11.3. The molecule has 0 aliphatic carbocycles. The molecule has 0 aliphatic rings. The molecule has 3 aromatic heterocycles. The van der Waals surface area contributed by atoms with Crippen LogP contribution in [0, 0.1) is 12.1 Å². The Kier molecular flexibility index (Phi) is 10.0. The average Bonchev–Trinajstić information content (AvgIpc) is 3.58. The third kappa shape index (κ3) is 8.35. The summed E-state index contributed by atoms with van der Waals surface area (Å²) in [5.74, 6) is -0.802. The summed E-state index contributed by atoms with van der Waals surface area (Å²) >= 11 is 0. The van der Waals surface area contributed by atoms with E-state index in [4.69, 9.17) is 8.53 Å². The maximum absolute atomic E-state index is 8.85. The van der Waals surface area contributed by atoms with Gasteiger partial charge in [0.1, 0.15) is 5.58 Å². The summed E-state index contributed by atoms with van der Waals surface area (Å²) in [5, 5.41) is 3.40. The van der Waals surface area contributed by atoms with Gasteiger partial charge in [-0.15, -0.1) is 53.6 Å². The number of rotatable bonds is 7. The standard InChI is InChI=1S/C24H16NO.C22H24NSi.Ir/c1-2-7-17(8-3-1)15-18-13-14-25-22(16-18)21-11-6-10-20-19-9-4-5-12-23(19)26-24(20)21;1-17(18-9-6-5-7-10-18)19-11-8-12-20(15-19)22-14-13-21(16-23-22)24(2,3)4;/h1-10,12-14,16H,15H2;5-11,13-17H,1-4H3;/q2*-1;/i15D2;17D;. The van der Waals surface area contributed by atoms with Gasteiger partial charge in [0, 0.05) is 42.0 Å². The van der Waals surface area contributed by atoms with E-state index in [1.807, 2.05) is 116 Å². The maximum atomic E-state index is 8.85. The number of fused-ring (bicyclic) bond motifs is 3. The van der Waals surface area contributed by atoms with Crippen LogP contribution < -0.4 is 5.19 Å². The van der Waals surface area contributed by atoms with E-state index in [0.717, 1.165) is 44.3 Å². The van der Waals surface area contributed by atoms with E-state index in [2.05, 4.69) is 53.9 Å². The van der Waals surface area contributed by atoms with Gasteiger partial charge in [0.25, 0.3) is 0 Å². The van der Waals surface area contributed by atoms with Crippen molar-refractivity contribution in [1.82, 2.24) is 9.97 Å². The fourth-order valence-electron chi connectivity index (χ4n) is 5.91. The van der Waals surface area contributed by atoms with Crippen molar-refractivity contribution in [3.8, 4) is 22.5 Å². The Morgan fingerprint density at radius 2 is 1.43 bits per heavy atom. The third-order valence-corrected chi connectivity index (χ3v) is 10.8. The molecule has 3 nitrogen and oxygen atoms in total. The van der Waals surface area contributed by atoms with Crippen molar-refractivity contribution < 1.29 is 28.6 Å². The number of aromatic nitrogens is 2. The fraction of sp³-hybridized carbons (Fsp3) is 0.130. The normalized spacial score (nSPS) is 13.5. The Labute approximate surface area is 320 Å². The molecule has 5 heteroatoms. The van der Waals surface area contributed by atoms with E-state index < -0.39 is 20.3 Å². The van der Waals surface area contributed by atoms with Crippen molar-refractivity contribution in [2.45, 2.75) is 38.8 Å². The predicted molar refractivity (Wildman–Crippen MR) is 210 cm³/mol. The molecule has 0 amide bonds. The molecule has 1 atom stereocenters. The number of hydrogen-bond donors (Lipinski definition) is 0. The molecule has 0 saturated carbocycles. The van der Waals surface area contributed by atoms with E-state index in [9.17, 15) is 0 Å². The van der Waals surface area contributed by atoms with Crippen LogP contribution >= 0.6 is 0 Å². The van der Waals surface area contributed by atoms with Crippen molar-refractivity contribution >= 4 is 35.2 Å². The van der Waals surface area contributed by atoms with Crippen LogP contribution in [0.25, 0.3) is 44.5 Å². The smallest absolute Gasteiger partial charge is 0.120 e. The first-order valence-electron chi connectivity index (χ1n) is 18.3. The van der Waals surface area contributed by atoms with Gasteiger partial charge < -0.3 is 14.4 Å². The van der Waals surface area contributed by atoms with Crippen LogP contribution in [0.15, 0.2) is 156 Å². The van der Waals surface area contributed by atoms with Crippen LogP contribution in [0.1, 0.15) is 39.2 Å². The second-order valence-corrected chi connectivity index (χ2v) is 18.4. The molecular weight excluding hydrogens is 817 g/mol. The molecule has 5 aromatic carbocycles. The summed E-state index contributed by atoms with van der Waals surface area (Å²) in [6.45, 7) is 8.90. The first kappa shape index (κ1) is 32.0. The van der Waals surface area contributed by atoms with Gasteiger partial charge >= 0.3 is 0 Å². The van der Waals surface area contributed by atoms with Gasteiger partial charge in [-0.2, -0.15) is 0 Å². The number of hydrogen-bond acceptors (Lipinski definition) is 3. The van der Waals surface area contributed by atoms with Crippen LogP contribution in [-0.2, 0) is 26.5 Å². The van der Waals surface area contributed by atoms with Crippen LogP contribution in [0.2, 0.25) is 19.6 Å². The molecule has 0 spiro atoms. The SMILES string of the molecule is [2H]C(C)(c1ccccc1)c1cc[c-]c(-c2ccc([Si](C)(C)C)cn2)c1.[2H]C([2H])(c1ccccc1)c1ccnc(-c2[c-]ccc3c2oc2ccccc23)c1.[Ir]. The van der Waals surface area contributed by atoms with E-state index in [-0.39, 0.29) is 20.1 Å². The van der Waals surface area contributed by atoms with Gasteiger partial charge in [0.15, 0.2) is 0 Å². The van der Waals surface area contributed by atoms with Crippen molar-refractivity contribution in [3.63, 3.8) is 0 Å². The summed E-state index contributed by atoms with van der Waals surface area (Å²) in [5.41, 5.74) is 7.84. The van der Waals surface area contributed by atoms with Gasteiger partial charge in [-0.1, -0.05) is 135 Å². The maximum Gasteiger partial charge on any atom is 0.120 e. The molecule has 51 heavy (non-hydrogen) atoms. The molecule has 3 heterocycles. The number of pyridine rings is 2. The second-order valence-electron chi connectivity index (χ2n) is 13.3. The molecule has 1 unspecified atom stereocenters. The zero-order valence-corrected chi connectivity index (χ0v) is 32.5. The minimum Gasteiger partial charge on any atom is -0.501 e. The van der Waals surface area contributed by atoms with E-state index in [0.29, 0.717) is 22.4 Å². The molecular formula is C46H40IrN2OSi-2. The van der Waals surface area contributed by atoms with Crippen LogP contribution in [0.3, 0.4) is 0 Å². The molecule has 0 bridgehead atoms. The van der Waals surface area contributed by atoms with Gasteiger partial charge in [-0.25, -0.2) is 0 Å². The summed E-state index contributed by atoms with van der Waals surface area (Å²) in [4.78, 5) is 9.13. The summed E-state index contributed by atoms with van der Waals surface area (Å²) in [6, 6.07) is 51.0. The zero-order chi connectivity index (χ0) is 37.2. The number of para-hydroxylation sites is 1. The number of furan rings is 1. The molecule has 8 aromatic rings. The first-order chi connectivity index (χ1) is 25.4. The van der Waals surface area contributed by atoms with Crippen molar-refractivity contribution in [2.75, 3.05) is 0 Å². The minimum atomic E-state index is -1.62. The minimum absolute atomic E-state index is 0. The molecule has 1 radical (unpaired) electrons. The Morgan fingerprint density at radius 3 is 2.18 bits per heavy atom. The van der Waals surface area contributed by atoms with Gasteiger partial charge in [-0.05, 0) is 57.7 Å². The average molecular weight is 860 g/mol. The van der Waals surface area contributed by atoms with Gasteiger partial charge in [0.05, 0.1) is 13.7 Å². The fourth-order valence-corrected chi connectivity index (χ4v) is 6.95. The van der Waals surface area contributed by atoms with Crippen LogP contribution in [0.5, 0.6) is 0 Å². The van der Waals surface area contributed by atoms with Gasteiger partial charge in [-0.3, -0.25) is 0 Å². The van der Waals surface area contributed by atoms with Crippen LogP contribution in [-0.4, -0.2) is 18.0 Å². The molecule has 0 N–H and O–H groups in total. The van der Waals surface area contributed by atoms with Crippen molar-refractivity contribution in [1.29, 1.82) is 0 Å². The monoisotopic (exact) mass is 860 g/mol. The largest absolute Gasteiger partial charge is 0.501 e. The Hall–Kier alpha value is -4.93. The number of nitrogens with zero attached hydrogens (tertiary/aromatic N) is 2. The molecule has 0 aliphatic heterocycles. The molecule has 0 fully saturated rings. The molecule has 255 valence electrons. The number of benzene rings is 5. The van der Waals surface area contributed by atoms with E-state index in [1.165, 1.54) is 5.19 Å². The van der Waals surface area contributed by atoms with Crippen molar-refractivity contribution in [2.24, 2.45) is 0 Å². The topological polar surface area (TPSA) is 38.9 Å².